The first-order valence-electron chi connectivity index (χ1n) is 5.11. The zero-order valence-corrected chi connectivity index (χ0v) is 8.91. The van der Waals surface area contributed by atoms with Gasteiger partial charge >= 0.3 is 5.97 Å². The maximum absolute atomic E-state index is 11.4. The average Bonchev–Trinajstić information content (AvgIpc) is 2.21. The molecule has 0 bridgehead atoms. The molecule has 4 nitrogen and oxygen atoms in total. The van der Waals surface area contributed by atoms with Crippen LogP contribution in [-0.2, 0) is 14.3 Å². The maximum atomic E-state index is 11.4. The smallest absolute Gasteiger partial charge is 0.325 e. The lowest BCUT2D eigenvalue weighted by Gasteiger charge is -2.34. The van der Waals surface area contributed by atoms with E-state index in [1.165, 1.54) is 7.11 Å². The fourth-order valence-corrected chi connectivity index (χ4v) is 1.92. The number of hydrogen-bond acceptors (Lipinski definition) is 4. The maximum Gasteiger partial charge on any atom is 0.325 e. The number of ether oxygens (including phenoxy) is 2. The van der Waals surface area contributed by atoms with E-state index >= 15 is 0 Å². The van der Waals surface area contributed by atoms with Crippen LogP contribution in [0.2, 0.25) is 0 Å². The Morgan fingerprint density at radius 2 is 2.07 bits per heavy atom. The van der Waals surface area contributed by atoms with Crippen molar-refractivity contribution in [3.05, 3.63) is 0 Å². The lowest BCUT2D eigenvalue weighted by Crippen LogP contribution is -2.52. The summed E-state index contributed by atoms with van der Waals surface area (Å²) in [6.45, 7) is 2.70. The summed E-state index contributed by atoms with van der Waals surface area (Å²) in [7, 11) is 1.38. The third-order valence-corrected chi connectivity index (χ3v) is 2.82. The molecule has 0 atom stereocenters. The van der Waals surface area contributed by atoms with Gasteiger partial charge in [-0.25, -0.2) is 0 Å². The zero-order chi connectivity index (χ0) is 10.6. The van der Waals surface area contributed by atoms with Crippen LogP contribution in [0.1, 0.15) is 32.6 Å². The molecule has 0 aromatic rings. The Bertz CT molecular complexity index is 198. The number of nitrogens with two attached hydrogens (primary N) is 1. The molecule has 1 rings (SSSR count). The van der Waals surface area contributed by atoms with Gasteiger partial charge in [-0.05, 0) is 32.6 Å². The van der Waals surface area contributed by atoms with Gasteiger partial charge in [0.2, 0.25) is 0 Å². The second-order valence-electron chi connectivity index (χ2n) is 3.80. The van der Waals surface area contributed by atoms with Crippen molar-refractivity contribution in [2.24, 2.45) is 5.73 Å². The van der Waals surface area contributed by atoms with Gasteiger partial charge in [-0.15, -0.1) is 0 Å². The summed E-state index contributed by atoms with van der Waals surface area (Å²) in [5.74, 6) is -0.299. The standard InChI is InChI=1S/C10H19NO3/c1-3-14-8-4-6-10(11,7-5-8)9(12)13-2/h8H,3-7,11H2,1-2H3. The van der Waals surface area contributed by atoms with Crippen molar-refractivity contribution in [1.29, 1.82) is 0 Å². The molecule has 0 spiro atoms. The predicted octanol–water partition coefficient (Wildman–Crippen LogP) is 0.836. The Labute approximate surface area is 84.7 Å². The molecule has 0 unspecified atom stereocenters. The molecule has 0 heterocycles. The van der Waals surface area contributed by atoms with Crippen molar-refractivity contribution in [2.75, 3.05) is 13.7 Å². The topological polar surface area (TPSA) is 61.5 Å². The van der Waals surface area contributed by atoms with Gasteiger partial charge in [-0.2, -0.15) is 0 Å². The molecule has 1 saturated carbocycles. The predicted molar refractivity (Wildman–Crippen MR) is 52.8 cm³/mol. The van der Waals surface area contributed by atoms with Crippen LogP contribution < -0.4 is 5.73 Å². The molecule has 1 aliphatic carbocycles. The molecular weight excluding hydrogens is 182 g/mol. The Morgan fingerprint density at radius 1 is 1.50 bits per heavy atom. The summed E-state index contributed by atoms with van der Waals surface area (Å²) in [6.07, 6.45) is 3.27. The molecule has 0 aliphatic heterocycles. The summed E-state index contributed by atoms with van der Waals surface area (Å²) in [6, 6.07) is 0. The van der Waals surface area contributed by atoms with Gasteiger partial charge in [0, 0.05) is 6.61 Å². The molecule has 14 heavy (non-hydrogen) atoms. The third kappa shape index (κ3) is 2.45. The quantitative estimate of drug-likeness (QED) is 0.687. The summed E-state index contributed by atoms with van der Waals surface area (Å²) in [5, 5.41) is 0. The summed E-state index contributed by atoms with van der Waals surface area (Å²) < 4.78 is 10.2. The molecule has 2 N–H and O–H groups in total. The minimum atomic E-state index is -0.775. The lowest BCUT2D eigenvalue weighted by atomic mass is 9.81. The molecule has 0 aromatic heterocycles. The lowest BCUT2D eigenvalue weighted by molar-refractivity contribution is -0.149. The van der Waals surface area contributed by atoms with Gasteiger partial charge in [0.1, 0.15) is 5.54 Å². The van der Waals surface area contributed by atoms with Crippen LogP contribution in [0, 0.1) is 0 Å². The molecule has 1 fully saturated rings. The number of carbonyl (C=O) groups excluding carboxylic acids is 1. The van der Waals surface area contributed by atoms with Crippen molar-refractivity contribution < 1.29 is 14.3 Å². The second kappa shape index (κ2) is 4.75. The molecule has 0 saturated heterocycles. The molecule has 0 aromatic carbocycles. The van der Waals surface area contributed by atoms with Gasteiger partial charge < -0.3 is 15.2 Å². The molecular formula is C10H19NO3. The van der Waals surface area contributed by atoms with E-state index in [1.807, 2.05) is 6.92 Å². The van der Waals surface area contributed by atoms with Crippen molar-refractivity contribution in [2.45, 2.75) is 44.2 Å². The monoisotopic (exact) mass is 201 g/mol. The van der Waals surface area contributed by atoms with Crippen LogP contribution in [-0.4, -0.2) is 31.3 Å². The molecule has 82 valence electrons. The largest absolute Gasteiger partial charge is 0.468 e. The van der Waals surface area contributed by atoms with Gasteiger partial charge in [-0.1, -0.05) is 0 Å². The second-order valence-corrected chi connectivity index (χ2v) is 3.80. The molecule has 0 amide bonds. The zero-order valence-electron chi connectivity index (χ0n) is 8.91. The highest BCUT2D eigenvalue weighted by atomic mass is 16.5. The van der Waals surface area contributed by atoms with E-state index in [4.69, 9.17) is 10.5 Å². The van der Waals surface area contributed by atoms with Crippen molar-refractivity contribution in [3.63, 3.8) is 0 Å². The van der Waals surface area contributed by atoms with E-state index in [0.29, 0.717) is 12.8 Å². The third-order valence-electron chi connectivity index (χ3n) is 2.82. The first kappa shape index (κ1) is 11.5. The fraction of sp³-hybridized carbons (Fsp3) is 0.900. The van der Waals surface area contributed by atoms with Crippen LogP contribution >= 0.6 is 0 Å². The summed E-state index contributed by atoms with van der Waals surface area (Å²) in [4.78, 5) is 11.4. The van der Waals surface area contributed by atoms with Gasteiger partial charge in [0.15, 0.2) is 0 Å². The first-order valence-corrected chi connectivity index (χ1v) is 5.11. The minimum absolute atomic E-state index is 0.265. The van der Waals surface area contributed by atoms with Crippen LogP contribution in [0.5, 0.6) is 0 Å². The van der Waals surface area contributed by atoms with E-state index in [-0.39, 0.29) is 12.1 Å². The molecule has 1 aliphatic rings. The van der Waals surface area contributed by atoms with E-state index in [2.05, 4.69) is 4.74 Å². The number of methoxy groups -OCH3 is 1. The highest BCUT2D eigenvalue weighted by Crippen LogP contribution is 2.28. The Hall–Kier alpha value is -0.610. The number of carbonyl (C=O) groups is 1. The van der Waals surface area contributed by atoms with Crippen molar-refractivity contribution >= 4 is 5.97 Å². The van der Waals surface area contributed by atoms with E-state index in [0.717, 1.165) is 19.4 Å². The summed E-state index contributed by atoms with van der Waals surface area (Å²) >= 11 is 0. The number of esters is 1. The Balaban J connectivity index is 2.44. The minimum Gasteiger partial charge on any atom is -0.468 e. The number of rotatable bonds is 3. The summed E-state index contributed by atoms with van der Waals surface area (Å²) in [5.41, 5.74) is 5.17. The normalized spacial score (nSPS) is 32.6. The van der Waals surface area contributed by atoms with Crippen LogP contribution in [0.4, 0.5) is 0 Å². The van der Waals surface area contributed by atoms with Crippen molar-refractivity contribution in [1.82, 2.24) is 0 Å². The number of hydrogen-bond donors (Lipinski definition) is 1. The van der Waals surface area contributed by atoms with E-state index in [9.17, 15) is 4.79 Å². The van der Waals surface area contributed by atoms with E-state index in [1.54, 1.807) is 0 Å². The van der Waals surface area contributed by atoms with Gasteiger partial charge in [-0.3, -0.25) is 4.79 Å². The highest BCUT2D eigenvalue weighted by molar-refractivity contribution is 5.80. The SMILES string of the molecule is CCOC1CCC(N)(C(=O)OC)CC1. The molecule has 0 radical (unpaired) electrons. The van der Waals surface area contributed by atoms with Crippen molar-refractivity contribution in [3.8, 4) is 0 Å². The Morgan fingerprint density at radius 3 is 2.50 bits per heavy atom. The average molecular weight is 201 g/mol. The fourth-order valence-electron chi connectivity index (χ4n) is 1.92. The van der Waals surface area contributed by atoms with Crippen LogP contribution in [0.25, 0.3) is 0 Å². The van der Waals surface area contributed by atoms with Gasteiger partial charge in [0.25, 0.3) is 0 Å². The van der Waals surface area contributed by atoms with E-state index < -0.39 is 5.54 Å². The van der Waals surface area contributed by atoms with Crippen LogP contribution in [0.15, 0.2) is 0 Å². The Kier molecular flexibility index (Phi) is 3.89. The van der Waals surface area contributed by atoms with Gasteiger partial charge in [0.05, 0.1) is 13.2 Å². The molecule has 4 heteroatoms. The highest BCUT2D eigenvalue weighted by Gasteiger charge is 2.39. The first-order chi connectivity index (χ1) is 6.62. The van der Waals surface area contributed by atoms with Crippen LogP contribution in [0.3, 0.4) is 0 Å².